The Hall–Kier alpha value is -1.51. The van der Waals surface area contributed by atoms with Crippen molar-refractivity contribution in [2.45, 2.75) is 19.9 Å². The molecule has 1 unspecified atom stereocenters. The van der Waals surface area contributed by atoms with Gasteiger partial charge in [-0.15, -0.1) is 0 Å². The van der Waals surface area contributed by atoms with E-state index in [9.17, 15) is 4.79 Å². The van der Waals surface area contributed by atoms with Crippen LogP contribution in [0.5, 0.6) is 0 Å². The molecule has 0 aliphatic heterocycles. The summed E-state index contributed by atoms with van der Waals surface area (Å²) in [5.41, 5.74) is 1.11. The zero-order valence-electron chi connectivity index (χ0n) is 8.58. The number of rotatable bonds is 3. The van der Waals surface area contributed by atoms with Crippen molar-refractivity contribution in [1.82, 2.24) is 10.6 Å². The average molecular weight is 192 g/mol. The Morgan fingerprint density at radius 2 is 2.00 bits per heavy atom. The molecule has 3 nitrogen and oxygen atoms in total. The molecular formula is C11H16N2O. The van der Waals surface area contributed by atoms with Crippen LogP contribution in [0.1, 0.15) is 25.5 Å². The van der Waals surface area contributed by atoms with Gasteiger partial charge in [-0.05, 0) is 19.4 Å². The molecule has 0 saturated heterocycles. The van der Waals surface area contributed by atoms with Gasteiger partial charge in [-0.25, -0.2) is 4.79 Å². The average Bonchev–Trinajstić information content (AvgIpc) is 2.19. The Balaban J connectivity index is 2.50. The van der Waals surface area contributed by atoms with E-state index >= 15 is 0 Å². The first kappa shape index (κ1) is 10.6. The van der Waals surface area contributed by atoms with Crippen molar-refractivity contribution < 1.29 is 4.79 Å². The van der Waals surface area contributed by atoms with E-state index in [0.29, 0.717) is 6.54 Å². The molecule has 2 N–H and O–H groups in total. The highest BCUT2D eigenvalue weighted by molar-refractivity contribution is 5.74. The van der Waals surface area contributed by atoms with E-state index in [1.54, 1.807) is 0 Å². The number of carbonyl (C=O) groups excluding carboxylic acids is 1. The van der Waals surface area contributed by atoms with Crippen LogP contribution in [0.2, 0.25) is 0 Å². The largest absolute Gasteiger partial charge is 0.338 e. The predicted octanol–water partition coefficient (Wildman–Crippen LogP) is 2.07. The van der Waals surface area contributed by atoms with Crippen LogP contribution in [0.25, 0.3) is 0 Å². The van der Waals surface area contributed by atoms with E-state index in [4.69, 9.17) is 0 Å². The number of amides is 2. The van der Waals surface area contributed by atoms with Crippen molar-refractivity contribution >= 4 is 6.03 Å². The molecule has 1 rings (SSSR count). The van der Waals surface area contributed by atoms with Crippen molar-refractivity contribution in [2.75, 3.05) is 6.54 Å². The fraction of sp³-hybridized carbons (Fsp3) is 0.364. The molecule has 1 aromatic rings. The molecule has 0 fully saturated rings. The molecule has 0 heterocycles. The summed E-state index contributed by atoms with van der Waals surface area (Å²) < 4.78 is 0. The molecule has 1 atom stereocenters. The van der Waals surface area contributed by atoms with Crippen molar-refractivity contribution in [2.24, 2.45) is 0 Å². The third-order valence-corrected chi connectivity index (χ3v) is 1.98. The summed E-state index contributed by atoms with van der Waals surface area (Å²) in [6, 6.07) is 9.80. The van der Waals surface area contributed by atoms with Gasteiger partial charge < -0.3 is 10.6 Å². The van der Waals surface area contributed by atoms with E-state index in [-0.39, 0.29) is 12.1 Å². The summed E-state index contributed by atoms with van der Waals surface area (Å²) in [6.45, 7) is 4.50. The molecule has 0 aliphatic carbocycles. The molecule has 3 heteroatoms. The van der Waals surface area contributed by atoms with Gasteiger partial charge in [0.25, 0.3) is 0 Å². The van der Waals surface area contributed by atoms with Crippen LogP contribution in [0.15, 0.2) is 30.3 Å². The maximum atomic E-state index is 11.2. The van der Waals surface area contributed by atoms with Crippen molar-refractivity contribution in [3.63, 3.8) is 0 Å². The van der Waals surface area contributed by atoms with Crippen LogP contribution in [-0.4, -0.2) is 12.6 Å². The summed E-state index contributed by atoms with van der Waals surface area (Å²) >= 11 is 0. The summed E-state index contributed by atoms with van der Waals surface area (Å²) in [6.07, 6.45) is 0. The lowest BCUT2D eigenvalue weighted by molar-refractivity contribution is 0.238. The fourth-order valence-corrected chi connectivity index (χ4v) is 1.23. The van der Waals surface area contributed by atoms with Crippen LogP contribution in [0.4, 0.5) is 4.79 Å². The maximum Gasteiger partial charge on any atom is 0.315 e. The van der Waals surface area contributed by atoms with Gasteiger partial charge in [0.1, 0.15) is 0 Å². The first-order valence-electron chi connectivity index (χ1n) is 4.83. The second kappa shape index (κ2) is 5.27. The number of carbonyl (C=O) groups is 1. The van der Waals surface area contributed by atoms with Gasteiger partial charge >= 0.3 is 6.03 Å². The second-order valence-corrected chi connectivity index (χ2v) is 3.14. The van der Waals surface area contributed by atoms with Gasteiger partial charge in [-0.2, -0.15) is 0 Å². The third-order valence-electron chi connectivity index (χ3n) is 1.98. The van der Waals surface area contributed by atoms with Crippen LogP contribution in [0, 0.1) is 0 Å². The molecule has 0 saturated carbocycles. The summed E-state index contributed by atoms with van der Waals surface area (Å²) in [4.78, 5) is 11.2. The predicted molar refractivity (Wildman–Crippen MR) is 57.1 cm³/mol. The molecule has 0 aromatic heterocycles. The number of hydrogen-bond donors (Lipinski definition) is 2. The molecule has 1 aromatic carbocycles. The minimum Gasteiger partial charge on any atom is -0.338 e. The third kappa shape index (κ3) is 3.09. The van der Waals surface area contributed by atoms with E-state index in [2.05, 4.69) is 10.6 Å². The second-order valence-electron chi connectivity index (χ2n) is 3.14. The Kier molecular flexibility index (Phi) is 3.98. The highest BCUT2D eigenvalue weighted by Crippen LogP contribution is 2.10. The molecular weight excluding hydrogens is 176 g/mol. The quantitative estimate of drug-likeness (QED) is 0.756. The van der Waals surface area contributed by atoms with Crippen molar-refractivity contribution in [3.8, 4) is 0 Å². The van der Waals surface area contributed by atoms with Gasteiger partial charge in [0.05, 0.1) is 6.04 Å². The molecule has 0 bridgehead atoms. The minimum absolute atomic E-state index is 0.0442. The molecule has 76 valence electrons. The Bertz CT molecular complexity index is 285. The number of nitrogens with one attached hydrogen (secondary N) is 2. The van der Waals surface area contributed by atoms with E-state index in [1.807, 2.05) is 44.2 Å². The van der Waals surface area contributed by atoms with Crippen LogP contribution >= 0.6 is 0 Å². The van der Waals surface area contributed by atoms with Gasteiger partial charge in [0, 0.05) is 6.54 Å². The zero-order valence-corrected chi connectivity index (χ0v) is 8.58. The van der Waals surface area contributed by atoms with Crippen molar-refractivity contribution in [1.29, 1.82) is 0 Å². The van der Waals surface area contributed by atoms with E-state index in [1.165, 1.54) is 0 Å². The van der Waals surface area contributed by atoms with E-state index in [0.717, 1.165) is 5.56 Å². The lowest BCUT2D eigenvalue weighted by Crippen LogP contribution is -2.36. The summed E-state index contributed by atoms with van der Waals surface area (Å²) in [5.74, 6) is 0. The van der Waals surface area contributed by atoms with Crippen LogP contribution in [-0.2, 0) is 0 Å². The maximum absolute atomic E-state index is 11.2. The summed E-state index contributed by atoms with van der Waals surface area (Å²) in [7, 11) is 0. The standard InChI is InChI=1S/C11H16N2O/c1-3-12-11(14)13-9(2)10-7-5-4-6-8-10/h4-9H,3H2,1-2H3,(H2,12,13,14). The molecule has 0 aliphatic rings. The number of hydrogen-bond acceptors (Lipinski definition) is 1. The molecule has 14 heavy (non-hydrogen) atoms. The normalized spacial score (nSPS) is 11.9. The number of benzene rings is 1. The lowest BCUT2D eigenvalue weighted by atomic mass is 10.1. The monoisotopic (exact) mass is 192 g/mol. The Morgan fingerprint density at radius 3 is 2.57 bits per heavy atom. The van der Waals surface area contributed by atoms with E-state index < -0.39 is 0 Å². The lowest BCUT2D eigenvalue weighted by Gasteiger charge is -2.14. The van der Waals surface area contributed by atoms with Crippen molar-refractivity contribution in [3.05, 3.63) is 35.9 Å². The fourth-order valence-electron chi connectivity index (χ4n) is 1.23. The first-order chi connectivity index (χ1) is 6.74. The molecule has 0 spiro atoms. The summed E-state index contributed by atoms with van der Waals surface area (Å²) in [5, 5.41) is 5.54. The Labute approximate surface area is 84.5 Å². The zero-order chi connectivity index (χ0) is 10.4. The minimum atomic E-state index is -0.121. The molecule has 2 amide bonds. The smallest absolute Gasteiger partial charge is 0.315 e. The highest BCUT2D eigenvalue weighted by Gasteiger charge is 2.06. The van der Waals surface area contributed by atoms with Gasteiger partial charge in [0.2, 0.25) is 0 Å². The van der Waals surface area contributed by atoms with Crippen LogP contribution in [0.3, 0.4) is 0 Å². The van der Waals surface area contributed by atoms with Gasteiger partial charge in [-0.1, -0.05) is 30.3 Å². The molecule has 0 radical (unpaired) electrons. The Morgan fingerprint density at radius 1 is 1.36 bits per heavy atom. The van der Waals surface area contributed by atoms with Gasteiger partial charge in [-0.3, -0.25) is 0 Å². The highest BCUT2D eigenvalue weighted by atomic mass is 16.2. The topological polar surface area (TPSA) is 41.1 Å². The van der Waals surface area contributed by atoms with Gasteiger partial charge in [0.15, 0.2) is 0 Å². The van der Waals surface area contributed by atoms with Crippen LogP contribution < -0.4 is 10.6 Å². The SMILES string of the molecule is CCNC(=O)NC(C)c1ccccc1. The first-order valence-corrected chi connectivity index (χ1v) is 4.83. The number of urea groups is 1.